The molecule has 0 heterocycles. The molecule has 0 fully saturated rings. The smallest absolute Gasteiger partial charge is 0.227 e. The molecule has 5 heteroatoms. The summed E-state index contributed by atoms with van der Waals surface area (Å²) in [6.45, 7) is 4.28. The predicted molar refractivity (Wildman–Crippen MR) is 67.1 cm³/mol. The van der Waals surface area contributed by atoms with Crippen LogP contribution in [0.3, 0.4) is 0 Å². The second kappa shape index (κ2) is 6.83. The van der Waals surface area contributed by atoms with Gasteiger partial charge in [0, 0.05) is 19.2 Å². The van der Waals surface area contributed by atoms with Crippen molar-refractivity contribution < 1.29 is 13.6 Å². The Kier molecular flexibility index (Phi) is 5.43. The summed E-state index contributed by atoms with van der Waals surface area (Å²) in [5, 5.41) is 8.74. The number of nitriles is 1. The van der Waals surface area contributed by atoms with Gasteiger partial charge in [0.25, 0.3) is 0 Å². The molecule has 0 saturated carbocycles. The minimum atomic E-state index is -0.724. The number of likely N-dealkylation sites (N-methyl/N-ethyl adjacent to an activating group) is 1. The molecule has 0 spiro atoms. The van der Waals surface area contributed by atoms with E-state index in [9.17, 15) is 13.6 Å². The number of hydrogen-bond acceptors (Lipinski definition) is 2. The standard InChI is InChI=1S/C14H16F2N2O/c1-3-18(9-10(2)8-17)14(19)6-11-4-5-12(15)7-13(11)16/h4-5,7,10H,3,6,9H2,1-2H3. The Morgan fingerprint density at radius 3 is 2.68 bits per heavy atom. The van der Waals surface area contributed by atoms with Gasteiger partial charge in [-0.1, -0.05) is 6.07 Å². The quantitative estimate of drug-likeness (QED) is 0.822. The number of benzene rings is 1. The Labute approximate surface area is 111 Å². The van der Waals surface area contributed by atoms with Crippen LogP contribution in [0.15, 0.2) is 18.2 Å². The van der Waals surface area contributed by atoms with Crippen LogP contribution in [0.4, 0.5) is 8.78 Å². The largest absolute Gasteiger partial charge is 0.341 e. The molecule has 0 N–H and O–H groups in total. The fourth-order valence-corrected chi connectivity index (χ4v) is 1.72. The molecule has 0 aromatic heterocycles. The Balaban J connectivity index is 2.74. The van der Waals surface area contributed by atoms with Gasteiger partial charge in [-0.2, -0.15) is 5.26 Å². The summed E-state index contributed by atoms with van der Waals surface area (Å²) in [5.41, 5.74) is 0.162. The molecule has 0 aliphatic rings. The van der Waals surface area contributed by atoms with E-state index in [1.807, 2.05) is 6.07 Å². The van der Waals surface area contributed by atoms with Crippen LogP contribution in [-0.4, -0.2) is 23.9 Å². The topological polar surface area (TPSA) is 44.1 Å². The van der Waals surface area contributed by atoms with E-state index in [2.05, 4.69) is 0 Å². The minimum Gasteiger partial charge on any atom is -0.341 e. The summed E-state index contributed by atoms with van der Waals surface area (Å²) in [7, 11) is 0. The number of amides is 1. The third-order valence-electron chi connectivity index (χ3n) is 2.81. The molecule has 3 nitrogen and oxygen atoms in total. The second-order valence-corrected chi connectivity index (χ2v) is 4.38. The number of carbonyl (C=O) groups excluding carboxylic acids is 1. The third kappa shape index (κ3) is 4.32. The summed E-state index contributed by atoms with van der Waals surface area (Å²) in [6.07, 6.45) is -0.127. The average Bonchev–Trinajstić information content (AvgIpc) is 2.38. The van der Waals surface area contributed by atoms with Crippen LogP contribution in [0.2, 0.25) is 0 Å². The van der Waals surface area contributed by atoms with Crippen molar-refractivity contribution >= 4 is 5.91 Å². The van der Waals surface area contributed by atoms with Crippen LogP contribution in [0.25, 0.3) is 0 Å². The monoisotopic (exact) mass is 266 g/mol. The van der Waals surface area contributed by atoms with E-state index < -0.39 is 11.6 Å². The lowest BCUT2D eigenvalue weighted by atomic mass is 10.1. The molecule has 1 unspecified atom stereocenters. The lowest BCUT2D eigenvalue weighted by Crippen LogP contribution is -2.35. The van der Waals surface area contributed by atoms with Gasteiger partial charge in [0.2, 0.25) is 5.91 Å². The maximum absolute atomic E-state index is 13.4. The molecule has 1 amide bonds. The van der Waals surface area contributed by atoms with Gasteiger partial charge < -0.3 is 4.90 Å². The number of nitrogens with zero attached hydrogens (tertiary/aromatic N) is 2. The third-order valence-corrected chi connectivity index (χ3v) is 2.81. The van der Waals surface area contributed by atoms with E-state index >= 15 is 0 Å². The summed E-state index contributed by atoms with van der Waals surface area (Å²) in [4.78, 5) is 13.5. The van der Waals surface area contributed by atoms with Gasteiger partial charge in [0.05, 0.1) is 18.4 Å². The van der Waals surface area contributed by atoms with E-state index in [1.165, 1.54) is 11.0 Å². The van der Waals surface area contributed by atoms with Gasteiger partial charge in [-0.05, 0) is 25.5 Å². The lowest BCUT2D eigenvalue weighted by molar-refractivity contribution is -0.130. The van der Waals surface area contributed by atoms with Crippen LogP contribution in [0.1, 0.15) is 19.4 Å². The van der Waals surface area contributed by atoms with E-state index in [4.69, 9.17) is 5.26 Å². The zero-order chi connectivity index (χ0) is 14.4. The van der Waals surface area contributed by atoms with E-state index in [0.29, 0.717) is 13.1 Å². The van der Waals surface area contributed by atoms with Crippen molar-refractivity contribution in [3.63, 3.8) is 0 Å². The van der Waals surface area contributed by atoms with Crippen LogP contribution >= 0.6 is 0 Å². The van der Waals surface area contributed by atoms with Gasteiger partial charge in [-0.25, -0.2) is 8.78 Å². The zero-order valence-corrected chi connectivity index (χ0v) is 11.0. The summed E-state index contributed by atoms with van der Waals surface area (Å²) >= 11 is 0. The number of halogens is 2. The van der Waals surface area contributed by atoms with Crippen molar-refractivity contribution in [1.82, 2.24) is 4.90 Å². The molecule has 0 bridgehead atoms. The Bertz CT molecular complexity index is 497. The van der Waals surface area contributed by atoms with Crippen molar-refractivity contribution in [2.45, 2.75) is 20.3 Å². The number of hydrogen-bond donors (Lipinski definition) is 0. The lowest BCUT2D eigenvalue weighted by Gasteiger charge is -2.22. The molecule has 19 heavy (non-hydrogen) atoms. The summed E-state index contributed by atoms with van der Waals surface area (Å²) in [5.74, 6) is -1.94. The van der Waals surface area contributed by atoms with Gasteiger partial charge in [0.15, 0.2) is 0 Å². The SMILES string of the molecule is CCN(CC(C)C#N)C(=O)Cc1ccc(F)cc1F. The zero-order valence-electron chi connectivity index (χ0n) is 11.0. The first-order chi connectivity index (χ1) is 8.97. The first-order valence-electron chi connectivity index (χ1n) is 6.09. The molecule has 1 atom stereocenters. The Hall–Kier alpha value is -1.96. The van der Waals surface area contributed by atoms with Crippen LogP contribution in [-0.2, 0) is 11.2 Å². The highest BCUT2D eigenvalue weighted by atomic mass is 19.1. The first kappa shape index (κ1) is 15.1. The molecular formula is C14H16F2N2O. The van der Waals surface area contributed by atoms with Gasteiger partial charge in [-0.3, -0.25) is 4.79 Å². The molecule has 0 aliphatic carbocycles. The fourth-order valence-electron chi connectivity index (χ4n) is 1.72. The molecule has 1 rings (SSSR count). The highest BCUT2D eigenvalue weighted by Gasteiger charge is 2.17. The Morgan fingerprint density at radius 2 is 2.16 bits per heavy atom. The van der Waals surface area contributed by atoms with Crippen molar-refractivity contribution in [1.29, 1.82) is 5.26 Å². The van der Waals surface area contributed by atoms with Crippen molar-refractivity contribution in [3.8, 4) is 6.07 Å². The molecule has 1 aromatic carbocycles. The van der Waals surface area contributed by atoms with Gasteiger partial charge in [0.1, 0.15) is 11.6 Å². The maximum atomic E-state index is 13.4. The Morgan fingerprint density at radius 1 is 1.47 bits per heavy atom. The van der Waals surface area contributed by atoms with Crippen LogP contribution in [0.5, 0.6) is 0 Å². The minimum absolute atomic E-state index is 0.127. The van der Waals surface area contributed by atoms with Crippen molar-refractivity contribution in [2.24, 2.45) is 5.92 Å². The molecule has 1 aromatic rings. The number of carbonyl (C=O) groups is 1. The van der Waals surface area contributed by atoms with Crippen molar-refractivity contribution in [2.75, 3.05) is 13.1 Å². The maximum Gasteiger partial charge on any atom is 0.227 e. The van der Waals surface area contributed by atoms with Crippen molar-refractivity contribution in [3.05, 3.63) is 35.4 Å². The normalized spacial score (nSPS) is 11.7. The van der Waals surface area contributed by atoms with Gasteiger partial charge in [-0.15, -0.1) is 0 Å². The van der Waals surface area contributed by atoms with E-state index in [0.717, 1.165) is 12.1 Å². The fraction of sp³-hybridized carbons (Fsp3) is 0.429. The highest BCUT2D eigenvalue weighted by Crippen LogP contribution is 2.12. The van der Waals surface area contributed by atoms with Crippen LogP contribution in [0, 0.1) is 28.9 Å². The first-order valence-corrected chi connectivity index (χ1v) is 6.09. The molecule has 102 valence electrons. The molecular weight excluding hydrogens is 250 g/mol. The summed E-state index contributed by atoms with van der Waals surface area (Å²) < 4.78 is 26.2. The molecule has 0 radical (unpaired) electrons. The van der Waals surface area contributed by atoms with E-state index in [1.54, 1.807) is 13.8 Å². The summed E-state index contributed by atoms with van der Waals surface area (Å²) in [6, 6.07) is 5.20. The number of rotatable bonds is 5. The van der Waals surface area contributed by atoms with E-state index in [-0.39, 0.29) is 23.8 Å². The second-order valence-electron chi connectivity index (χ2n) is 4.38. The molecule has 0 aliphatic heterocycles. The molecule has 0 saturated heterocycles. The average molecular weight is 266 g/mol. The predicted octanol–water partition coefficient (Wildman–Crippen LogP) is 2.52. The highest BCUT2D eigenvalue weighted by molar-refractivity contribution is 5.78. The van der Waals surface area contributed by atoms with Gasteiger partial charge >= 0.3 is 0 Å². The van der Waals surface area contributed by atoms with Crippen LogP contribution < -0.4 is 0 Å².